The minimum Gasteiger partial charge on any atom is -0.493 e. The van der Waals surface area contributed by atoms with Gasteiger partial charge >= 0.3 is 0 Å². The van der Waals surface area contributed by atoms with Gasteiger partial charge in [-0.15, -0.1) is 11.3 Å². The molecule has 2 aromatic heterocycles. The Bertz CT molecular complexity index is 1180. The molecule has 0 fully saturated rings. The van der Waals surface area contributed by atoms with Crippen LogP contribution in [0.1, 0.15) is 35.7 Å². The number of rotatable bonds is 8. The summed E-state index contributed by atoms with van der Waals surface area (Å²) in [7, 11) is 3.01. The van der Waals surface area contributed by atoms with Crippen LogP contribution in [0.25, 0.3) is 10.2 Å². The first kappa shape index (κ1) is 21.3. The van der Waals surface area contributed by atoms with Crippen LogP contribution in [0.15, 0.2) is 45.7 Å². The number of hydrogen-bond donors (Lipinski definition) is 2. The second-order valence-corrected chi connectivity index (χ2v) is 7.30. The summed E-state index contributed by atoms with van der Waals surface area (Å²) < 4.78 is 11.0. The number of hydrazone groups is 1. The monoisotopic (exact) mass is 427 g/mol. The molecule has 0 aliphatic rings. The third kappa shape index (κ3) is 4.57. The van der Waals surface area contributed by atoms with E-state index in [1.165, 1.54) is 31.6 Å². The maximum atomic E-state index is 12.4. The zero-order valence-electron chi connectivity index (χ0n) is 16.8. The van der Waals surface area contributed by atoms with Crippen molar-refractivity contribution in [3.8, 4) is 11.5 Å². The van der Waals surface area contributed by atoms with E-state index in [4.69, 9.17) is 9.47 Å². The van der Waals surface area contributed by atoms with Gasteiger partial charge in [0.05, 0.1) is 30.1 Å². The molecule has 1 amide bonds. The number of aromatic nitrogens is 1. The lowest BCUT2D eigenvalue weighted by molar-refractivity contribution is -0.121. The summed E-state index contributed by atoms with van der Waals surface area (Å²) >= 11 is 1.32. The lowest BCUT2D eigenvalue weighted by atomic mass is 10.1. The fourth-order valence-corrected chi connectivity index (χ4v) is 3.86. The first-order valence-electron chi connectivity index (χ1n) is 9.12. The highest BCUT2D eigenvalue weighted by Crippen LogP contribution is 2.28. The van der Waals surface area contributed by atoms with Crippen LogP contribution in [0.3, 0.4) is 0 Å². The number of fused-ring (bicyclic) bond motifs is 1. The van der Waals surface area contributed by atoms with Crippen LogP contribution < -0.4 is 20.3 Å². The van der Waals surface area contributed by atoms with E-state index in [0.29, 0.717) is 33.0 Å². The Hall–Kier alpha value is -3.46. The number of Topliss-reactive ketones (excluding diaryl/α,β-unsaturated/α-hetero) is 1. The van der Waals surface area contributed by atoms with E-state index in [0.717, 1.165) is 5.56 Å². The van der Waals surface area contributed by atoms with Gasteiger partial charge < -0.3 is 14.5 Å². The zero-order valence-corrected chi connectivity index (χ0v) is 17.6. The number of hydrogen-bond acceptors (Lipinski definition) is 7. The van der Waals surface area contributed by atoms with Gasteiger partial charge in [0.1, 0.15) is 0 Å². The van der Waals surface area contributed by atoms with E-state index in [9.17, 15) is 14.4 Å². The van der Waals surface area contributed by atoms with Crippen LogP contribution in [-0.4, -0.2) is 36.6 Å². The predicted molar refractivity (Wildman–Crippen MR) is 116 cm³/mol. The number of nitrogens with one attached hydrogen (secondary N) is 2. The Labute approximate surface area is 176 Å². The molecule has 8 nitrogen and oxygen atoms in total. The zero-order chi connectivity index (χ0) is 21.7. The van der Waals surface area contributed by atoms with Gasteiger partial charge in [-0.2, -0.15) is 5.10 Å². The highest BCUT2D eigenvalue weighted by atomic mass is 32.1. The smallest absolute Gasteiger partial charge is 0.240 e. The number of ketones is 1. The molecule has 9 heteroatoms. The summed E-state index contributed by atoms with van der Waals surface area (Å²) in [6, 6.07) is 6.33. The van der Waals surface area contributed by atoms with Crippen molar-refractivity contribution in [1.82, 2.24) is 10.4 Å². The standard InChI is InChI=1S/C21H21N3O5S/c1-12(14-11-30-21-16(26)8-9-22-20(14)21)23-24-19(27)7-5-15(25)13-4-6-17(28-2)18(10-13)29-3/h4,6,8-11H,5,7H2,1-3H3,(H,22,26)(H,24,27)/b23-12+. The van der Waals surface area contributed by atoms with Crippen LogP contribution in [0.2, 0.25) is 0 Å². The molecule has 30 heavy (non-hydrogen) atoms. The van der Waals surface area contributed by atoms with Crippen molar-refractivity contribution in [2.75, 3.05) is 14.2 Å². The molecule has 0 radical (unpaired) electrons. The van der Waals surface area contributed by atoms with E-state index < -0.39 is 0 Å². The molecule has 156 valence electrons. The summed E-state index contributed by atoms with van der Waals surface area (Å²) in [5, 5.41) is 5.91. The van der Waals surface area contributed by atoms with Crippen LogP contribution >= 0.6 is 11.3 Å². The maximum absolute atomic E-state index is 12.4. The van der Waals surface area contributed by atoms with Gasteiger partial charge in [0.2, 0.25) is 5.91 Å². The first-order valence-corrected chi connectivity index (χ1v) is 10.00. The number of methoxy groups -OCH3 is 2. The van der Waals surface area contributed by atoms with E-state index >= 15 is 0 Å². The van der Waals surface area contributed by atoms with E-state index in [1.54, 1.807) is 31.3 Å². The van der Waals surface area contributed by atoms with Crippen molar-refractivity contribution in [3.63, 3.8) is 0 Å². The molecule has 0 saturated carbocycles. The molecule has 2 heterocycles. The number of nitrogens with zero attached hydrogens (tertiary/aromatic N) is 1. The lowest BCUT2D eigenvalue weighted by Crippen LogP contribution is -2.20. The highest BCUT2D eigenvalue weighted by Gasteiger charge is 2.13. The molecule has 3 aromatic rings. The number of carbonyl (C=O) groups excluding carboxylic acids is 2. The summed E-state index contributed by atoms with van der Waals surface area (Å²) in [5.74, 6) is 0.414. The van der Waals surface area contributed by atoms with Gasteiger partial charge in [-0.3, -0.25) is 14.4 Å². The van der Waals surface area contributed by atoms with Gasteiger partial charge in [-0.05, 0) is 25.1 Å². The Morgan fingerprint density at radius 3 is 2.63 bits per heavy atom. The molecule has 0 atom stereocenters. The average molecular weight is 427 g/mol. The number of benzene rings is 1. The van der Waals surface area contributed by atoms with Crippen LogP contribution in [0.4, 0.5) is 0 Å². The molecule has 0 aliphatic carbocycles. The molecular formula is C21H21N3O5S. The molecule has 2 N–H and O–H groups in total. The van der Waals surface area contributed by atoms with E-state index in [-0.39, 0.29) is 30.0 Å². The number of pyridine rings is 1. The summed E-state index contributed by atoms with van der Waals surface area (Å²) in [4.78, 5) is 39.4. The van der Waals surface area contributed by atoms with Gasteiger partial charge in [0.25, 0.3) is 0 Å². The third-order valence-electron chi connectivity index (χ3n) is 4.50. The maximum Gasteiger partial charge on any atom is 0.240 e. The Morgan fingerprint density at radius 2 is 1.90 bits per heavy atom. The molecular weight excluding hydrogens is 406 g/mol. The first-order chi connectivity index (χ1) is 14.4. The van der Waals surface area contributed by atoms with Crippen molar-refractivity contribution < 1.29 is 19.1 Å². The van der Waals surface area contributed by atoms with Gasteiger partial charge in [0, 0.05) is 41.6 Å². The number of carbonyl (C=O) groups is 2. The van der Waals surface area contributed by atoms with Crippen LogP contribution in [0, 0.1) is 0 Å². The van der Waals surface area contributed by atoms with Gasteiger partial charge in [-0.25, -0.2) is 5.43 Å². The number of ether oxygens (including phenoxy) is 2. The van der Waals surface area contributed by atoms with Crippen molar-refractivity contribution >= 4 is 39.0 Å². The van der Waals surface area contributed by atoms with E-state index in [1.807, 2.05) is 5.38 Å². The lowest BCUT2D eigenvalue weighted by Gasteiger charge is -2.09. The average Bonchev–Trinajstić information content (AvgIpc) is 3.20. The number of amides is 1. The molecule has 0 spiro atoms. The van der Waals surface area contributed by atoms with Crippen molar-refractivity contribution in [2.45, 2.75) is 19.8 Å². The Kier molecular flexibility index (Phi) is 6.63. The molecule has 0 bridgehead atoms. The number of thiophene rings is 1. The Morgan fingerprint density at radius 1 is 1.13 bits per heavy atom. The van der Waals surface area contributed by atoms with Crippen molar-refractivity contribution in [2.24, 2.45) is 5.10 Å². The normalized spacial score (nSPS) is 11.4. The van der Waals surface area contributed by atoms with Crippen LogP contribution in [0.5, 0.6) is 11.5 Å². The topological polar surface area (TPSA) is 110 Å². The molecule has 0 aliphatic heterocycles. The van der Waals surface area contributed by atoms with Gasteiger partial charge in [-0.1, -0.05) is 0 Å². The molecule has 0 saturated heterocycles. The van der Waals surface area contributed by atoms with Crippen molar-refractivity contribution in [3.05, 3.63) is 57.2 Å². The van der Waals surface area contributed by atoms with Crippen molar-refractivity contribution in [1.29, 1.82) is 0 Å². The third-order valence-corrected chi connectivity index (χ3v) is 5.49. The summed E-state index contributed by atoms with van der Waals surface area (Å²) in [5.41, 5.74) is 4.83. The van der Waals surface area contributed by atoms with Crippen LogP contribution in [-0.2, 0) is 4.79 Å². The highest BCUT2D eigenvalue weighted by molar-refractivity contribution is 7.17. The minimum atomic E-state index is -0.379. The second kappa shape index (κ2) is 9.36. The fraction of sp³-hybridized carbons (Fsp3) is 0.238. The molecule has 3 rings (SSSR count). The minimum absolute atomic E-state index is 0.00875. The largest absolute Gasteiger partial charge is 0.493 e. The molecule has 0 unspecified atom stereocenters. The van der Waals surface area contributed by atoms with E-state index in [2.05, 4.69) is 15.5 Å². The second-order valence-electron chi connectivity index (χ2n) is 6.42. The summed E-state index contributed by atoms with van der Waals surface area (Å²) in [6.07, 6.45) is 1.60. The SMILES string of the molecule is COc1ccc(C(=O)CCC(=O)N/N=C(\C)c2csc3c(=O)cc[nH]c23)cc1OC. The Balaban J connectivity index is 1.61. The summed E-state index contributed by atoms with van der Waals surface area (Å²) in [6.45, 7) is 1.74. The number of aromatic amines is 1. The number of H-pyrrole nitrogens is 1. The fourth-order valence-electron chi connectivity index (χ4n) is 2.87. The molecule has 1 aromatic carbocycles. The predicted octanol–water partition coefficient (Wildman–Crippen LogP) is 3.11. The van der Waals surface area contributed by atoms with Gasteiger partial charge in [0.15, 0.2) is 22.7 Å². The quantitative estimate of drug-likeness (QED) is 0.326.